The maximum atomic E-state index is 5.48. The van der Waals surface area contributed by atoms with Crippen molar-refractivity contribution in [3.8, 4) is 5.19 Å². The average molecular weight is 215 g/mol. The van der Waals surface area contributed by atoms with Crippen molar-refractivity contribution < 1.29 is 9.47 Å². The molecule has 1 unspecified atom stereocenters. The third kappa shape index (κ3) is 2.63. The van der Waals surface area contributed by atoms with Crippen LogP contribution in [0.4, 0.5) is 0 Å². The van der Waals surface area contributed by atoms with Gasteiger partial charge in [-0.2, -0.15) is 0 Å². The minimum Gasteiger partial charge on any atom is -0.466 e. The molecule has 1 fully saturated rings. The van der Waals surface area contributed by atoms with E-state index in [4.69, 9.17) is 9.47 Å². The molecule has 0 saturated carbocycles. The van der Waals surface area contributed by atoms with Gasteiger partial charge >= 0.3 is 0 Å². The fraction of sp³-hybridized carbons (Fsp3) is 0.750. The third-order valence-electron chi connectivity index (χ3n) is 1.90. The second kappa shape index (κ2) is 4.68. The second-order valence-electron chi connectivity index (χ2n) is 3.09. The van der Waals surface area contributed by atoms with E-state index in [-0.39, 0.29) is 6.10 Å². The minimum absolute atomic E-state index is 0.132. The molecule has 1 aromatic rings. The zero-order valence-corrected chi connectivity index (χ0v) is 8.84. The summed E-state index contributed by atoms with van der Waals surface area (Å²) in [6.07, 6.45) is 0.132. The van der Waals surface area contributed by atoms with E-state index in [1.54, 1.807) is 0 Å². The standard InChI is InChI=1S/C8H13N3O2S/c1-6-10-11-8(14-6)13-5-7-4-9-2-3-12-7/h7,9H,2-5H2,1H3. The summed E-state index contributed by atoms with van der Waals surface area (Å²) in [5.41, 5.74) is 0. The second-order valence-corrected chi connectivity index (χ2v) is 4.24. The Bertz CT molecular complexity index is 286. The van der Waals surface area contributed by atoms with Gasteiger partial charge < -0.3 is 14.8 Å². The Morgan fingerprint density at radius 2 is 2.57 bits per heavy atom. The Morgan fingerprint density at radius 1 is 1.64 bits per heavy atom. The van der Waals surface area contributed by atoms with Crippen molar-refractivity contribution in [2.24, 2.45) is 0 Å². The van der Waals surface area contributed by atoms with E-state index in [0.717, 1.165) is 24.7 Å². The lowest BCUT2D eigenvalue weighted by Crippen LogP contribution is -2.41. The molecule has 1 N–H and O–H groups in total. The first kappa shape index (κ1) is 9.82. The van der Waals surface area contributed by atoms with Gasteiger partial charge in [-0.05, 0) is 6.92 Å². The van der Waals surface area contributed by atoms with Gasteiger partial charge in [-0.1, -0.05) is 11.3 Å². The van der Waals surface area contributed by atoms with Crippen molar-refractivity contribution >= 4 is 11.3 Å². The van der Waals surface area contributed by atoms with E-state index in [2.05, 4.69) is 15.5 Å². The van der Waals surface area contributed by atoms with Gasteiger partial charge in [-0.25, -0.2) is 0 Å². The zero-order chi connectivity index (χ0) is 9.80. The Morgan fingerprint density at radius 3 is 3.21 bits per heavy atom. The summed E-state index contributed by atoms with van der Waals surface area (Å²) < 4.78 is 10.9. The number of aryl methyl sites for hydroxylation is 1. The molecule has 5 nitrogen and oxygen atoms in total. The lowest BCUT2D eigenvalue weighted by Gasteiger charge is -2.22. The normalized spacial score (nSPS) is 22.2. The van der Waals surface area contributed by atoms with Crippen LogP contribution in [0.15, 0.2) is 0 Å². The van der Waals surface area contributed by atoms with Gasteiger partial charge in [0.1, 0.15) is 17.7 Å². The van der Waals surface area contributed by atoms with E-state index < -0.39 is 0 Å². The number of aromatic nitrogens is 2. The molecule has 1 aliphatic heterocycles. The van der Waals surface area contributed by atoms with Crippen LogP contribution < -0.4 is 10.1 Å². The molecule has 1 aliphatic rings. The summed E-state index contributed by atoms with van der Waals surface area (Å²) in [7, 11) is 0. The van der Waals surface area contributed by atoms with Gasteiger partial charge in [0.15, 0.2) is 0 Å². The summed E-state index contributed by atoms with van der Waals surface area (Å²) >= 11 is 1.46. The van der Waals surface area contributed by atoms with Crippen LogP contribution in [0.3, 0.4) is 0 Å². The molecule has 0 radical (unpaired) electrons. The highest BCUT2D eigenvalue weighted by Crippen LogP contribution is 2.16. The van der Waals surface area contributed by atoms with Gasteiger partial charge in [0.2, 0.25) is 0 Å². The fourth-order valence-corrected chi connectivity index (χ4v) is 1.77. The van der Waals surface area contributed by atoms with Crippen molar-refractivity contribution in [2.45, 2.75) is 13.0 Å². The molecule has 2 heterocycles. The summed E-state index contributed by atoms with van der Waals surface area (Å²) in [5.74, 6) is 0. The van der Waals surface area contributed by atoms with Crippen LogP contribution in [-0.2, 0) is 4.74 Å². The zero-order valence-electron chi connectivity index (χ0n) is 8.02. The van der Waals surface area contributed by atoms with Crippen LogP contribution in [0.5, 0.6) is 5.19 Å². The molecule has 1 atom stereocenters. The summed E-state index contributed by atoms with van der Waals surface area (Å²) in [5, 5.41) is 12.5. The molecule has 14 heavy (non-hydrogen) atoms. The smallest absolute Gasteiger partial charge is 0.294 e. The van der Waals surface area contributed by atoms with E-state index in [1.165, 1.54) is 11.3 Å². The van der Waals surface area contributed by atoms with Crippen LogP contribution in [0.2, 0.25) is 0 Å². The molecule has 0 spiro atoms. The largest absolute Gasteiger partial charge is 0.466 e. The van der Waals surface area contributed by atoms with E-state index in [1.807, 2.05) is 6.92 Å². The highest BCUT2D eigenvalue weighted by molar-refractivity contribution is 7.12. The van der Waals surface area contributed by atoms with Crippen molar-refractivity contribution in [2.75, 3.05) is 26.3 Å². The van der Waals surface area contributed by atoms with Crippen LogP contribution in [0.1, 0.15) is 5.01 Å². The monoisotopic (exact) mass is 215 g/mol. The molecule has 0 bridgehead atoms. The number of rotatable bonds is 3. The lowest BCUT2D eigenvalue weighted by molar-refractivity contribution is 0.0000216. The van der Waals surface area contributed by atoms with Crippen LogP contribution in [-0.4, -0.2) is 42.6 Å². The van der Waals surface area contributed by atoms with Crippen molar-refractivity contribution in [3.05, 3.63) is 5.01 Å². The number of hydrogen-bond donors (Lipinski definition) is 1. The Balaban J connectivity index is 1.76. The predicted octanol–water partition coefficient (Wildman–Crippen LogP) is 0.214. The van der Waals surface area contributed by atoms with Gasteiger partial charge in [-0.15, -0.1) is 10.2 Å². The summed E-state index contributed by atoms with van der Waals surface area (Å²) in [6, 6.07) is 0. The van der Waals surface area contributed by atoms with Crippen molar-refractivity contribution in [3.63, 3.8) is 0 Å². The van der Waals surface area contributed by atoms with Crippen LogP contribution in [0.25, 0.3) is 0 Å². The number of ether oxygens (including phenoxy) is 2. The first-order valence-electron chi connectivity index (χ1n) is 4.60. The predicted molar refractivity (Wildman–Crippen MR) is 52.8 cm³/mol. The molecule has 0 amide bonds. The van der Waals surface area contributed by atoms with Crippen molar-refractivity contribution in [1.29, 1.82) is 0 Å². The SMILES string of the molecule is Cc1nnc(OCC2CNCCO2)s1. The van der Waals surface area contributed by atoms with Gasteiger partial charge in [0.05, 0.1) is 6.61 Å². The molecule has 0 aliphatic carbocycles. The minimum atomic E-state index is 0.132. The number of morpholine rings is 1. The molecule has 78 valence electrons. The molecular formula is C8H13N3O2S. The molecule has 1 aromatic heterocycles. The number of hydrogen-bond acceptors (Lipinski definition) is 6. The Hall–Kier alpha value is -0.720. The first-order valence-corrected chi connectivity index (χ1v) is 5.41. The highest BCUT2D eigenvalue weighted by Gasteiger charge is 2.14. The molecule has 1 saturated heterocycles. The van der Waals surface area contributed by atoms with Crippen LogP contribution in [0, 0.1) is 6.92 Å². The Kier molecular flexibility index (Phi) is 3.28. The average Bonchev–Trinajstić information content (AvgIpc) is 2.63. The topological polar surface area (TPSA) is 56.3 Å². The summed E-state index contributed by atoms with van der Waals surface area (Å²) in [6.45, 7) is 4.97. The van der Waals surface area contributed by atoms with E-state index in [0.29, 0.717) is 11.8 Å². The highest BCUT2D eigenvalue weighted by atomic mass is 32.1. The van der Waals surface area contributed by atoms with E-state index in [9.17, 15) is 0 Å². The fourth-order valence-electron chi connectivity index (χ4n) is 1.23. The summed E-state index contributed by atoms with van der Waals surface area (Å²) in [4.78, 5) is 0. The Labute approximate surface area is 86.4 Å². The maximum Gasteiger partial charge on any atom is 0.294 e. The molecular weight excluding hydrogens is 202 g/mol. The van der Waals surface area contributed by atoms with E-state index >= 15 is 0 Å². The quantitative estimate of drug-likeness (QED) is 0.781. The van der Waals surface area contributed by atoms with Gasteiger partial charge in [0, 0.05) is 13.1 Å². The molecule has 6 heteroatoms. The van der Waals surface area contributed by atoms with Gasteiger partial charge in [-0.3, -0.25) is 0 Å². The number of nitrogens with zero attached hydrogens (tertiary/aromatic N) is 2. The third-order valence-corrected chi connectivity index (χ3v) is 2.66. The van der Waals surface area contributed by atoms with Crippen LogP contribution >= 0.6 is 11.3 Å². The molecule has 2 rings (SSSR count). The van der Waals surface area contributed by atoms with Crippen molar-refractivity contribution in [1.82, 2.24) is 15.5 Å². The maximum absolute atomic E-state index is 5.48. The lowest BCUT2D eigenvalue weighted by atomic mass is 10.3. The molecule has 0 aromatic carbocycles. The first-order chi connectivity index (χ1) is 6.84. The van der Waals surface area contributed by atoms with Gasteiger partial charge in [0.25, 0.3) is 5.19 Å². The number of nitrogens with one attached hydrogen (secondary N) is 1.